The maximum atomic E-state index is 14.1. The Bertz CT molecular complexity index is 4260. The number of rotatable bonds is 43. The first-order valence-electron chi connectivity index (χ1n) is 43.8. The molecule has 2 spiro atoms. The van der Waals surface area contributed by atoms with Gasteiger partial charge in [-0.05, 0) is 205 Å². The molecule has 4 aromatic rings. The molecule has 0 bridgehead atoms. The Kier molecular flexibility index (Phi) is 40.3. The SMILES string of the molecule is CC(=O)[O-].CCC(C)(C)C(=O)C(=O)N1CCCCC1C(=O)C[C@H](CCc1ccc(C)c(C)c1)c1cccc(OCC(=O)NCCOCCOCCN2CC3(CCC(=O)NC3=O)C2)c1.CCC(C)(C)C(=O)C(=O)N1CCCCC1C(=O)C[C@H](CCc1ccc(C)c(C)c1)c1cccc(OCC(=O)O)c1.[NH3+]CCOCCOCCN1CC2(CCC(=O)NC2=O)C1. The Morgan fingerprint density at radius 1 is 0.545 bits per heavy atom. The van der Waals surface area contributed by atoms with Crippen LogP contribution in [-0.2, 0) is 94.1 Å². The van der Waals surface area contributed by atoms with Gasteiger partial charge in [0.2, 0.25) is 35.2 Å². The first kappa shape index (κ1) is 101. The molecule has 29 nitrogen and oxygen atoms in total. The zero-order valence-electron chi connectivity index (χ0n) is 74.4. The van der Waals surface area contributed by atoms with Gasteiger partial charge in [0.15, 0.2) is 24.8 Å². The molecule has 0 radical (unpaired) electrons. The van der Waals surface area contributed by atoms with Crippen LogP contribution in [0.25, 0.3) is 0 Å². The number of benzene rings is 4. The number of carboxylic acid groups (broad SMARTS) is 2. The number of nitrogens with one attached hydrogen (secondary N) is 3. The van der Waals surface area contributed by atoms with E-state index in [1.54, 1.807) is 45.9 Å². The molecule has 6 heterocycles. The molecular weight excluding hydrogens is 1580 g/mol. The van der Waals surface area contributed by atoms with Gasteiger partial charge in [0.05, 0.1) is 82.3 Å². The number of Topliss-reactive ketones (excluding diaryl/α,β-unsaturated/α-hetero) is 4. The van der Waals surface area contributed by atoms with Crippen molar-refractivity contribution in [2.24, 2.45) is 21.7 Å². The lowest BCUT2D eigenvalue weighted by Crippen LogP contribution is -2.66. The van der Waals surface area contributed by atoms with Gasteiger partial charge in [-0.3, -0.25) is 73.2 Å². The number of nitrogens with zero attached hydrogens (tertiary/aromatic N) is 4. The van der Waals surface area contributed by atoms with Gasteiger partial charge in [-0.15, -0.1) is 0 Å². The Morgan fingerprint density at radius 3 is 1.33 bits per heavy atom. The lowest BCUT2D eigenvalue weighted by Gasteiger charge is -2.50. The van der Waals surface area contributed by atoms with E-state index in [1.165, 1.54) is 43.2 Å². The quantitative estimate of drug-likeness (QED) is 0.0166. The lowest BCUT2D eigenvalue weighted by molar-refractivity contribution is -0.374. The van der Waals surface area contributed by atoms with Gasteiger partial charge in [0.25, 0.3) is 17.7 Å². The minimum Gasteiger partial charge on any atom is -0.550 e. The molecule has 6 fully saturated rings. The van der Waals surface area contributed by atoms with Crippen molar-refractivity contribution in [1.82, 2.24) is 35.6 Å². The summed E-state index contributed by atoms with van der Waals surface area (Å²) in [5.41, 5.74) is 10.4. The monoisotopic (exact) mass is 1710 g/mol. The van der Waals surface area contributed by atoms with Gasteiger partial charge in [0, 0.05) is 101 Å². The van der Waals surface area contributed by atoms with Crippen molar-refractivity contribution in [1.29, 1.82) is 0 Å². The average molecular weight is 1710 g/mol. The van der Waals surface area contributed by atoms with Crippen molar-refractivity contribution >= 4 is 76.4 Å². The van der Waals surface area contributed by atoms with E-state index in [2.05, 4.69) is 95.6 Å². The van der Waals surface area contributed by atoms with Crippen LogP contribution in [0.4, 0.5) is 0 Å². The van der Waals surface area contributed by atoms with E-state index in [-0.39, 0.29) is 77.8 Å². The van der Waals surface area contributed by atoms with Crippen LogP contribution in [0.15, 0.2) is 84.9 Å². The number of amides is 7. The fraction of sp³-hybridized carbons (Fsp3) is 0.606. The largest absolute Gasteiger partial charge is 0.550 e. The summed E-state index contributed by atoms with van der Waals surface area (Å²) in [6.07, 6.45) is 10.8. The summed E-state index contributed by atoms with van der Waals surface area (Å²) in [4.78, 5) is 167. The maximum Gasteiger partial charge on any atom is 0.341 e. The summed E-state index contributed by atoms with van der Waals surface area (Å²) < 4.78 is 33.3. The number of ketones is 4. The van der Waals surface area contributed by atoms with Gasteiger partial charge in [0.1, 0.15) is 11.5 Å². The van der Waals surface area contributed by atoms with Crippen molar-refractivity contribution in [3.8, 4) is 11.5 Å². The van der Waals surface area contributed by atoms with Gasteiger partial charge in [-0.1, -0.05) is 102 Å². The molecule has 2 unspecified atom stereocenters. The molecule has 4 atom stereocenters. The molecule has 0 aliphatic carbocycles. The Balaban J connectivity index is 0.000000277. The standard InChI is InChI=1S/C46H64N4O9.C33H43NO6.C13H23N3O4.C2H4O2/c1-6-45(4,5)42(54)43(55)50-20-8-7-12-38(50)39(51)28-36(16-15-34-14-13-32(2)33(3)26-34)35-10-9-11-37(27-35)59-29-41(53)47-19-22-57-24-25-58-23-21-49-30-46(31-49)18-17-40(52)48-44(46)56;1-6-33(4,5)31(38)32(39)34-17-8-7-12-28(34)29(35)20-26(16-15-24-14-13-22(2)23(3)18-24)25-10-9-11-27(19-25)40-21-30(36)37;14-3-5-19-7-8-20-6-4-16-9-13(10-16)2-1-11(17)15-12(13)18;1-2(3)4/h9-11,13-14,26-27,36,38H,6-8,12,15-25,28-31H2,1-5H3,(H,47,53)(H,48,52,56);9-11,13-14,18-19,26,28H,6-8,12,15-17,20-21H2,1-5H3,(H,36,37);1-10,14H2,(H,15,17,18);1H3,(H,3,4)/t36-,38?;26-,28?;;/m00../s1. The van der Waals surface area contributed by atoms with Gasteiger partial charge in [-0.2, -0.15) is 0 Å². The number of likely N-dealkylation sites (tertiary alicyclic amines) is 4. The summed E-state index contributed by atoms with van der Waals surface area (Å²) in [7, 11) is 0. The molecule has 676 valence electrons. The minimum absolute atomic E-state index is 0.0408. The van der Waals surface area contributed by atoms with E-state index in [9.17, 15) is 57.5 Å². The molecule has 123 heavy (non-hydrogen) atoms. The number of hydrogen-bond donors (Lipinski definition) is 5. The molecule has 10 rings (SSSR count). The summed E-state index contributed by atoms with van der Waals surface area (Å²) in [5.74, 6) is -4.51. The fourth-order valence-electron chi connectivity index (χ4n) is 15.9. The van der Waals surface area contributed by atoms with Crippen molar-refractivity contribution in [3.63, 3.8) is 0 Å². The van der Waals surface area contributed by atoms with Crippen molar-refractivity contribution in [3.05, 3.63) is 129 Å². The summed E-state index contributed by atoms with van der Waals surface area (Å²) in [6.45, 7) is 29.9. The number of carbonyl (C=O) groups excluding carboxylic acids is 12. The van der Waals surface area contributed by atoms with Crippen LogP contribution in [-0.4, -0.2) is 245 Å². The molecule has 6 aliphatic heterocycles. The summed E-state index contributed by atoms with van der Waals surface area (Å²) in [6, 6.07) is 26.3. The Hall–Kier alpha value is -9.49. The second-order valence-electron chi connectivity index (χ2n) is 34.8. The zero-order chi connectivity index (χ0) is 90.0. The van der Waals surface area contributed by atoms with Crippen molar-refractivity contribution < 1.29 is 107 Å². The van der Waals surface area contributed by atoms with E-state index >= 15 is 0 Å². The molecular formula is C94H134N8O21. The molecule has 7 N–H and O–H groups in total. The number of carboxylic acids is 2. The average Bonchev–Trinajstić information content (AvgIpc) is 0.767. The third-order valence-electron chi connectivity index (χ3n) is 24.6. The second kappa shape index (κ2) is 49.3. The summed E-state index contributed by atoms with van der Waals surface area (Å²) >= 11 is 0. The third kappa shape index (κ3) is 31.3. The van der Waals surface area contributed by atoms with E-state index in [1.807, 2.05) is 44.2 Å². The second-order valence-corrected chi connectivity index (χ2v) is 34.8. The number of aryl methyl sites for hydroxylation is 6. The van der Waals surface area contributed by atoms with E-state index < -0.39 is 70.3 Å². The lowest BCUT2D eigenvalue weighted by atomic mass is 9.73. The van der Waals surface area contributed by atoms with Crippen LogP contribution in [0, 0.1) is 49.4 Å². The van der Waals surface area contributed by atoms with Gasteiger partial charge in [-0.25, -0.2) is 4.79 Å². The Morgan fingerprint density at radius 2 is 0.943 bits per heavy atom. The van der Waals surface area contributed by atoms with Crippen LogP contribution >= 0.6 is 0 Å². The highest BCUT2D eigenvalue weighted by molar-refractivity contribution is 6.39. The van der Waals surface area contributed by atoms with Crippen LogP contribution in [0.2, 0.25) is 0 Å². The van der Waals surface area contributed by atoms with Crippen molar-refractivity contribution in [2.75, 3.05) is 132 Å². The van der Waals surface area contributed by atoms with Gasteiger partial charge >= 0.3 is 5.97 Å². The highest BCUT2D eigenvalue weighted by Crippen LogP contribution is 2.40. The van der Waals surface area contributed by atoms with Crippen LogP contribution in [0.3, 0.4) is 0 Å². The fourth-order valence-corrected chi connectivity index (χ4v) is 15.9. The zero-order valence-corrected chi connectivity index (χ0v) is 74.4. The Labute approximate surface area is 725 Å². The predicted molar refractivity (Wildman–Crippen MR) is 459 cm³/mol. The van der Waals surface area contributed by atoms with E-state index in [0.29, 0.717) is 168 Å². The molecule has 6 saturated heterocycles. The van der Waals surface area contributed by atoms with E-state index in [4.69, 9.17) is 43.4 Å². The topological polar surface area (TPSA) is 397 Å². The number of carbonyl (C=O) groups is 13. The number of hydrogen-bond acceptors (Lipinski definition) is 22. The molecule has 0 saturated carbocycles. The number of ether oxygens (including phenoxy) is 6. The highest BCUT2D eigenvalue weighted by atomic mass is 16.5. The maximum absolute atomic E-state index is 14.1. The molecule has 29 heteroatoms. The van der Waals surface area contributed by atoms with Crippen LogP contribution in [0.5, 0.6) is 11.5 Å². The first-order chi connectivity index (χ1) is 58.5. The minimum atomic E-state index is -1.08. The molecule has 6 aliphatic rings. The highest BCUT2D eigenvalue weighted by Gasteiger charge is 2.53. The predicted octanol–water partition coefficient (Wildman–Crippen LogP) is 7.22. The number of quaternary nitrogens is 1. The third-order valence-corrected chi connectivity index (χ3v) is 24.6. The van der Waals surface area contributed by atoms with Crippen LogP contribution < -0.4 is 36.3 Å². The molecule has 0 aromatic heterocycles. The molecule has 7 amide bonds. The van der Waals surface area contributed by atoms with Gasteiger partial charge < -0.3 is 64.3 Å². The first-order valence-corrected chi connectivity index (χ1v) is 43.8. The number of imide groups is 2. The van der Waals surface area contributed by atoms with Crippen molar-refractivity contribution in [2.45, 2.75) is 216 Å². The van der Waals surface area contributed by atoms with Crippen LogP contribution in [0.1, 0.15) is 208 Å². The summed E-state index contributed by atoms with van der Waals surface area (Å²) in [5, 5.41) is 25.6. The smallest absolute Gasteiger partial charge is 0.341 e. The number of piperidine rings is 4. The number of aliphatic carboxylic acids is 2. The van der Waals surface area contributed by atoms with E-state index in [0.717, 1.165) is 82.8 Å². The normalized spacial score (nSPS) is 18.0. The molecule has 4 aromatic carbocycles.